The average Bonchev–Trinajstić information content (AvgIpc) is 2.15. The van der Waals surface area contributed by atoms with E-state index in [9.17, 15) is 0 Å². The van der Waals surface area contributed by atoms with Gasteiger partial charge in [-0.3, -0.25) is 4.98 Å². The normalized spacial score (nSPS) is 10.1. The van der Waals surface area contributed by atoms with Crippen molar-refractivity contribution in [3.63, 3.8) is 0 Å². The number of pyridine rings is 1. The molecule has 1 aromatic rings. The zero-order chi connectivity index (χ0) is 9.68. The van der Waals surface area contributed by atoms with E-state index < -0.39 is 0 Å². The van der Waals surface area contributed by atoms with E-state index in [0.717, 1.165) is 29.9 Å². The number of nitrogens with zero attached hydrogens (tertiary/aromatic N) is 1. The van der Waals surface area contributed by atoms with Crippen LogP contribution in [0.15, 0.2) is 12.3 Å². The lowest BCUT2D eigenvalue weighted by Gasteiger charge is -2.09. The zero-order valence-corrected chi connectivity index (χ0v) is 8.17. The molecule has 0 aromatic carbocycles. The van der Waals surface area contributed by atoms with E-state index in [4.69, 9.17) is 5.11 Å². The van der Waals surface area contributed by atoms with E-state index in [0.29, 0.717) is 0 Å². The van der Waals surface area contributed by atoms with Gasteiger partial charge in [0.15, 0.2) is 0 Å². The molecule has 0 unspecified atom stereocenters. The molecule has 3 nitrogen and oxygen atoms in total. The Kier molecular flexibility index (Phi) is 3.71. The zero-order valence-electron chi connectivity index (χ0n) is 8.17. The van der Waals surface area contributed by atoms with Crippen molar-refractivity contribution in [1.82, 2.24) is 4.98 Å². The van der Waals surface area contributed by atoms with Gasteiger partial charge in [-0.05, 0) is 19.4 Å². The van der Waals surface area contributed by atoms with E-state index in [1.807, 2.05) is 13.0 Å². The number of anilines is 1. The van der Waals surface area contributed by atoms with Crippen molar-refractivity contribution in [1.29, 1.82) is 0 Å². The van der Waals surface area contributed by atoms with Crippen LogP contribution in [-0.2, 0) is 6.61 Å². The van der Waals surface area contributed by atoms with Crippen molar-refractivity contribution in [2.45, 2.75) is 26.9 Å². The molecule has 13 heavy (non-hydrogen) atoms. The maximum atomic E-state index is 9.03. The number of rotatable bonds is 4. The van der Waals surface area contributed by atoms with Crippen molar-refractivity contribution >= 4 is 5.69 Å². The minimum atomic E-state index is 0.0410. The predicted molar refractivity (Wildman–Crippen MR) is 53.7 cm³/mol. The van der Waals surface area contributed by atoms with Crippen LogP contribution in [0.3, 0.4) is 0 Å². The van der Waals surface area contributed by atoms with Gasteiger partial charge in [0.2, 0.25) is 0 Å². The molecular weight excluding hydrogens is 164 g/mol. The van der Waals surface area contributed by atoms with Gasteiger partial charge in [-0.25, -0.2) is 0 Å². The van der Waals surface area contributed by atoms with Gasteiger partial charge in [0.25, 0.3) is 0 Å². The highest BCUT2D eigenvalue weighted by Crippen LogP contribution is 2.15. The first kappa shape index (κ1) is 9.99. The highest BCUT2D eigenvalue weighted by molar-refractivity contribution is 5.50. The molecule has 3 heteroatoms. The van der Waals surface area contributed by atoms with Crippen LogP contribution in [0.25, 0.3) is 0 Å². The van der Waals surface area contributed by atoms with Gasteiger partial charge >= 0.3 is 0 Å². The third-order valence-corrected chi connectivity index (χ3v) is 1.86. The second kappa shape index (κ2) is 4.82. The Morgan fingerprint density at radius 3 is 2.92 bits per heavy atom. The summed E-state index contributed by atoms with van der Waals surface area (Å²) in [5, 5.41) is 12.3. The number of hydrogen-bond acceptors (Lipinski definition) is 3. The van der Waals surface area contributed by atoms with Crippen LogP contribution in [0.1, 0.15) is 24.6 Å². The summed E-state index contributed by atoms with van der Waals surface area (Å²) < 4.78 is 0. The van der Waals surface area contributed by atoms with Crippen LogP contribution in [0.5, 0.6) is 0 Å². The molecular formula is C10H16N2O. The SMILES string of the molecule is CCCNc1cc(C)ncc1CO. The predicted octanol–water partition coefficient (Wildman–Crippen LogP) is 1.70. The second-order valence-corrected chi connectivity index (χ2v) is 3.07. The third kappa shape index (κ3) is 2.70. The Labute approximate surface area is 78.8 Å². The molecule has 0 atom stereocenters. The molecule has 0 amide bonds. The first-order valence-corrected chi connectivity index (χ1v) is 4.58. The lowest BCUT2D eigenvalue weighted by Crippen LogP contribution is -2.04. The van der Waals surface area contributed by atoms with Gasteiger partial charge in [0.05, 0.1) is 6.61 Å². The summed E-state index contributed by atoms with van der Waals surface area (Å²) in [6.07, 6.45) is 2.79. The number of aliphatic hydroxyl groups excluding tert-OH is 1. The van der Waals surface area contributed by atoms with E-state index in [-0.39, 0.29) is 6.61 Å². The van der Waals surface area contributed by atoms with E-state index in [2.05, 4.69) is 17.2 Å². The van der Waals surface area contributed by atoms with Crippen LogP contribution in [-0.4, -0.2) is 16.6 Å². The fourth-order valence-electron chi connectivity index (χ4n) is 1.14. The molecule has 72 valence electrons. The van der Waals surface area contributed by atoms with Crippen molar-refractivity contribution in [3.8, 4) is 0 Å². The molecule has 2 N–H and O–H groups in total. The minimum absolute atomic E-state index is 0.0410. The maximum Gasteiger partial charge on any atom is 0.0717 e. The molecule has 0 aliphatic rings. The fourth-order valence-corrected chi connectivity index (χ4v) is 1.14. The molecule has 1 heterocycles. The highest BCUT2D eigenvalue weighted by atomic mass is 16.3. The summed E-state index contributed by atoms with van der Waals surface area (Å²) in [6, 6.07) is 1.96. The smallest absolute Gasteiger partial charge is 0.0717 e. The Morgan fingerprint density at radius 1 is 1.54 bits per heavy atom. The summed E-state index contributed by atoms with van der Waals surface area (Å²) in [5.41, 5.74) is 2.83. The van der Waals surface area contributed by atoms with Gasteiger partial charge in [-0.1, -0.05) is 6.92 Å². The Bertz CT molecular complexity index is 274. The Hall–Kier alpha value is -1.09. The van der Waals surface area contributed by atoms with Crippen molar-refractivity contribution in [2.24, 2.45) is 0 Å². The van der Waals surface area contributed by atoms with E-state index in [1.165, 1.54) is 0 Å². The van der Waals surface area contributed by atoms with Crippen LogP contribution in [0, 0.1) is 6.92 Å². The largest absolute Gasteiger partial charge is 0.392 e. The molecule has 0 aliphatic carbocycles. The molecule has 0 bridgehead atoms. The van der Waals surface area contributed by atoms with Crippen molar-refractivity contribution in [3.05, 3.63) is 23.5 Å². The third-order valence-electron chi connectivity index (χ3n) is 1.86. The Morgan fingerprint density at radius 2 is 2.31 bits per heavy atom. The van der Waals surface area contributed by atoms with Crippen LogP contribution in [0.4, 0.5) is 5.69 Å². The molecule has 0 saturated heterocycles. The fraction of sp³-hybridized carbons (Fsp3) is 0.500. The van der Waals surface area contributed by atoms with Crippen molar-refractivity contribution < 1.29 is 5.11 Å². The number of aryl methyl sites for hydroxylation is 1. The van der Waals surface area contributed by atoms with Crippen LogP contribution >= 0.6 is 0 Å². The first-order valence-electron chi connectivity index (χ1n) is 4.58. The maximum absolute atomic E-state index is 9.03. The number of aromatic nitrogens is 1. The second-order valence-electron chi connectivity index (χ2n) is 3.07. The molecule has 1 rings (SSSR count). The molecule has 0 saturated carbocycles. The minimum Gasteiger partial charge on any atom is -0.392 e. The summed E-state index contributed by atoms with van der Waals surface area (Å²) >= 11 is 0. The molecule has 0 radical (unpaired) electrons. The van der Waals surface area contributed by atoms with Gasteiger partial charge in [-0.2, -0.15) is 0 Å². The summed E-state index contributed by atoms with van der Waals surface area (Å²) in [4.78, 5) is 4.12. The monoisotopic (exact) mass is 180 g/mol. The topological polar surface area (TPSA) is 45.2 Å². The highest BCUT2D eigenvalue weighted by Gasteiger charge is 2.00. The molecule has 0 fully saturated rings. The van der Waals surface area contributed by atoms with E-state index >= 15 is 0 Å². The number of nitrogens with one attached hydrogen (secondary N) is 1. The lowest BCUT2D eigenvalue weighted by atomic mass is 10.2. The van der Waals surface area contributed by atoms with Gasteiger partial charge in [0, 0.05) is 29.7 Å². The van der Waals surface area contributed by atoms with Crippen LogP contribution < -0.4 is 5.32 Å². The molecule has 0 aliphatic heterocycles. The summed E-state index contributed by atoms with van der Waals surface area (Å²) in [5.74, 6) is 0. The average molecular weight is 180 g/mol. The quantitative estimate of drug-likeness (QED) is 0.741. The van der Waals surface area contributed by atoms with Crippen LogP contribution in [0.2, 0.25) is 0 Å². The van der Waals surface area contributed by atoms with Gasteiger partial charge in [-0.15, -0.1) is 0 Å². The number of hydrogen-bond donors (Lipinski definition) is 2. The van der Waals surface area contributed by atoms with Gasteiger partial charge in [0.1, 0.15) is 0 Å². The van der Waals surface area contributed by atoms with Gasteiger partial charge < -0.3 is 10.4 Å². The number of aliphatic hydroxyl groups is 1. The lowest BCUT2D eigenvalue weighted by molar-refractivity contribution is 0.282. The van der Waals surface area contributed by atoms with E-state index in [1.54, 1.807) is 6.20 Å². The summed E-state index contributed by atoms with van der Waals surface area (Å²) in [7, 11) is 0. The van der Waals surface area contributed by atoms with Crippen molar-refractivity contribution in [2.75, 3.05) is 11.9 Å². The molecule has 0 spiro atoms. The molecule has 1 aromatic heterocycles. The standard InChI is InChI=1S/C10H16N2O/c1-3-4-11-10-5-8(2)12-6-9(10)7-13/h5-6,13H,3-4,7H2,1-2H3,(H,11,12). The summed E-state index contributed by atoms with van der Waals surface area (Å²) in [6.45, 7) is 5.02. The first-order chi connectivity index (χ1) is 6.27. The Balaban J connectivity index is 2.81.